The first kappa shape index (κ1) is 20.7. The third-order valence-electron chi connectivity index (χ3n) is 5.07. The Morgan fingerprint density at radius 1 is 1.32 bits per heavy atom. The molecule has 0 spiro atoms. The average Bonchev–Trinajstić information content (AvgIpc) is 3.25. The molecule has 4 nitrogen and oxygen atoms in total. The zero-order valence-corrected chi connectivity index (χ0v) is 17.7. The molecule has 25 heavy (non-hydrogen) atoms. The van der Waals surface area contributed by atoms with Crippen LogP contribution >= 0.6 is 35.6 Å². The highest BCUT2D eigenvalue weighted by molar-refractivity contribution is 14.0. The third-order valence-corrected chi connectivity index (χ3v) is 5.36. The molecule has 0 radical (unpaired) electrons. The van der Waals surface area contributed by atoms with Crippen LogP contribution in [0.4, 0.5) is 4.39 Å². The zero-order chi connectivity index (χ0) is 16.9. The number of hydrogen-bond acceptors (Lipinski definition) is 2. The van der Waals surface area contributed by atoms with Crippen molar-refractivity contribution in [2.45, 2.75) is 50.7 Å². The summed E-state index contributed by atoms with van der Waals surface area (Å²) in [6, 6.07) is 6.00. The van der Waals surface area contributed by atoms with Crippen LogP contribution in [-0.2, 0) is 6.54 Å². The molecule has 140 valence electrons. The van der Waals surface area contributed by atoms with E-state index >= 15 is 0 Å². The SMILES string of the molecule is CN=C(NCc1ccc(F)c(Cl)c1)NC1CCN(C2CCCC2)C1.I. The summed E-state index contributed by atoms with van der Waals surface area (Å²) < 4.78 is 13.2. The Morgan fingerprint density at radius 3 is 2.76 bits per heavy atom. The molecule has 1 aromatic carbocycles. The molecule has 0 amide bonds. The summed E-state index contributed by atoms with van der Waals surface area (Å²) >= 11 is 5.82. The lowest BCUT2D eigenvalue weighted by Crippen LogP contribution is -2.45. The fraction of sp³-hybridized carbons (Fsp3) is 0.611. The van der Waals surface area contributed by atoms with E-state index in [1.54, 1.807) is 19.2 Å². The van der Waals surface area contributed by atoms with Gasteiger partial charge in [-0.15, -0.1) is 24.0 Å². The van der Waals surface area contributed by atoms with Crippen molar-refractivity contribution in [3.63, 3.8) is 0 Å². The molecule has 1 saturated heterocycles. The summed E-state index contributed by atoms with van der Waals surface area (Å²) in [5.74, 6) is 0.398. The molecule has 1 atom stereocenters. The van der Waals surface area contributed by atoms with Gasteiger partial charge in [-0.2, -0.15) is 0 Å². The first-order valence-corrected chi connectivity index (χ1v) is 9.18. The monoisotopic (exact) mass is 480 g/mol. The van der Waals surface area contributed by atoms with Gasteiger partial charge in [0.25, 0.3) is 0 Å². The molecule has 1 aliphatic carbocycles. The molecule has 3 rings (SSSR count). The molecular formula is C18H27ClFIN4. The minimum Gasteiger partial charge on any atom is -0.352 e. The lowest BCUT2D eigenvalue weighted by Gasteiger charge is -2.24. The van der Waals surface area contributed by atoms with Gasteiger partial charge in [-0.05, 0) is 37.0 Å². The van der Waals surface area contributed by atoms with E-state index in [-0.39, 0.29) is 34.8 Å². The maximum atomic E-state index is 13.2. The topological polar surface area (TPSA) is 39.7 Å². The van der Waals surface area contributed by atoms with Crippen LogP contribution in [0.3, 0.4) is 0 Å². The van der Waals surface area contributed by atoms with Crippen LogP contribution in [0.1, 0.15) is 37.7 Å². The van der Waals surface area contributed by atoms with Crippen LogP contribution < -0.4 is 10.6 Å². The Bertz CT molecular complexity index is 592. The van der Waals surface area contributed by atoms with Gasteiger partial charge in [0.2, 0.25) is 0 Å². The van der Waals surface area contributed by atoms with E-state index in [1.165, 1.54) is 38.3 Å². The van der Waals surface area contributed by atoms with E-state index < -0.39 is 0 Å². The van der Waals surface area contributed by atoms with Gasteiger partial charge in [-0.25, -0.2) is 4.39 Å². The lowest BCUT2D eigenvalue weighted by atomic mass is 10.2. The van der Waals surface area contributed by atoms with Crippen LogP contribution in [0.15, 0.2) is 23.2 Å². The second kappa shape index (κ2) is 9.92. The Balaban J connectivity index is 0.00000225. The molecule has 7 heteroatoms. The number of aliphatic imine (C=N–C) groups is 1. The number of halogens is 3. The fourth-order valence-electron chi connectivity index (χ4n) is 3.73. The van der Waals surface area contributed by atoms with E-state index in [4.69, 9.17) is 11.6 Å². The van der Waals surface area contributed by atoms with Crippen LogP contribution in [0.25, 0.3) is 0 Å². The summed E-state index contributed by atoms with van der Waals surface area (Å²) in [5.41, 5.74) is 0.934. The van der Waals surface area contributed by atoms with Crippen molar-refractivity contribution in [2.24, 2.45) is 4.99 Å². The Morgan fingerprint density at radius 2 is 2.08 bits per heavy atom. The number of likely N-dealkylation sites (tertiary alicyclic amines) is 1. The zero-order valence-electron chi connectivity index (χ0n) is 14.6. The fourth-order valence-corrected chi connectivity index (χ4v) is 3.93. The number of nitrogens with one attached hydrogen (secondary N) is 2. The first-order chi connectivity index (χ1) is 11.7. The Hall–Kier alpha value is -0.600. The van der Waals surface area contributed by atoms with E-state index in [0.717, 1.165) is 30.5 Å². The number of hydrogen-bond donors (Lipinski definition) is 2. The van der Waals surface area contributed by atoms with Gasteiger partial charge in [0.1, 0.15) is 5.82 Å². The van der Waals surface area contributed by atoms with Gasteiger partial charge in [0, 0.05) is 38.8 Å². The smallest absolute Gasteiger partial charge is 0.191 e. The maximum absolute atomic E-state index is 13.2. The van der Waals surface area contributed by atoms with Gasteiger partial charge >= 0.3 is 0 Å². The predicted octanol–water partition coefficient (Wildman–Crippen LogP) is 3.78. The molecule has 0 bridgehead atoms. The lowest BCUT2D eigenvalue weighted by molar-refractivity contribution is 0.242. The summed E-state index contributed by atoms with van der Waals surface area (Å²) in [6.45, 7) is 2.83. The standard InChI is InChI=1S/C18H26ClFN4.HI/c1-21-18(22-11-13-6-7-17(20)16(19)10-13)23-14-8-9-24(12-14)15-4-2-3-5-15;/h6-7,10,14-15H,2-5,8-9,11-12H2,1H3,(H2,21,22,23);1H. The average molecular weight is 481 g/mol. The van der Waals surface area contributed by atoms with Gasteiger partial charge < -0.3 is 10.6 Å². The molecule has 1 aromatic rings. The second-order valence-electron chi connectivity index (χ2n) is 6.74. The largest absolute Gasteiger partial charge is 0.352 e. The summed E-state index contributed by atoms with van der Waals surface area (Å²) in [6.07, 6.45) is 6.61. The minimum atomic E-state index is -0.388. The highest BCUT2D eigenvalue weighted by Crippen LogP contribution is 2.26. The van der Waals surface area contributed by atoms with Crippen molar-refractivity contribution in [2.75, 3.05) is 20.1 Å². The highest BCUT2D eigenvalue weighted by Gasteiger charge is 2.30. The minimum absolute atomic E-state index is 0. The Labute approximate surface area is 171 Å². The van der Waals surface area contributed by atoms with E-state index in [0.29, 0.717) is 12.6 Å². The molecule has 2 N–H and O–H groups in total. The molecule has 0 aromatic heterocycles. The molecule has 2 fully saturated rings. The van der Waals surface area contributed by atoms with Crippen LogP contribution in [0, 0.1) is 5.82 Å². The first-order valence-electron chi connectivity index (χ1n) is 8.81. The molecule has 1 saturated carbocycles. The molecule has 2 aliphatic rings. The van der Waals surface area contributed by atoms with Crippen LogP contribution in [-0.4, -0.2) is 43.1 Å². The van der Waals surface area contributed by atoms with Crippen molar-refractivity contribution in [1.29, 1.82) is 0 Å². The van der Waals surface area contributed by atoms with Crippen molar-refractivity contribution >= 4 is 41.5 Å². The summed E-state index contributed by atoms with van der Waals surface area (Å²) in [4.78, 5) is 6.92. The third kappa shape index (κ3) is 5.69. The maximum Gasteiger partial charge on any atom is 0.191 e. The summed E-state index contributed by atoms with van der Waals surface area (Å²) in [7, 11) is 1.77. The number of nitrogens with zero attached hydrogens (tertiary/aromatic N) is 2. The Kier molecular flexibility index (Phi) is 8.22. The van der Waals surface area contributed by atoms with Crippen molar-refractivity contribution in [3.8, 4) is 0 Å². The van der Waals surface area contributed by atoms with Gasteiger partial charge in [-0.1, -0.05) is 30.5 Å². The molecule has 1 heterocycles. The van der Waals surface area contributed by atoms with Gasteiger partial charge in [0.05, 0.1) is 5.02 Å². The predicted molar refractivity (Wildman–Crippen MR) is 112 cm³/mol. The highest BCUT2D eigenvalue weighted by atomic mass is 127. The van der Waals surface area contributed by atoms with Crippen molar-refractivity contribution in [3.05, 3.63) is 34.6 Å². The van der Waals surface area contributed by atoms with Gasteiger partial charge in [-0.3, -0.25) is 9.89 Å². The van der Waals surface area contributed by atoms with Crippen LogP contribution in [0.5, 0.6) is 0 Å². The van der Waals surface area contributed by atoms with Crippen molar-refractivity contribution in [1.82, 2.24) is 15.5 Å². The molecule has 1 aliphatic heterocycles. The number of benzene rings is 1. The molecule has 1 unspecified atom stereocenters. The summed E-state index contributed by atoms with van der Waals surface area (Å²) in [5, 5.41) is 6.94. The van der Waals surface area contributed by atoms with E-state index in [1.807, 2.05) is 0 Å². The van der Waals surface area contributed by atoms with E-state index in [2.05, 4.69) is 20.5 Å². The van der Waals surface area contributed by atoms with Gasteiger partial charge in [0.15, 0.2) is 5.96 Å². The number of guanidine groups is 1. The van der Waals surface area contributed by atoms with E-state index in [9.17, 15) is 4.39 Å². The quantitative estimate of drug-likeness (QED) is 0.391. The normalized spacial score (nSPS) is 22.0. The number of rotatable bonds is 4. The van der Waals surface area contributed by atoms with Crippen LogP contribution in [0.2, 0.25) is 5.02 Å². The molecular weight excluding hydrogens is 454 g/mol. The van der Waals surface area contributed by atoms with Crippen molar-refractivity contribution < 1.29 is 4.39 Å². The second-order valence-corrected chi connectivity index (χ2v) is 7.14.